The Hall–Kier alpha value is -2.97. The molecule has 0 saturated heterocycles. The van der Waals surface area contributed by atoms with Crippen molar-refractivity contribution >= 4 is 5.78 Å². The number of ether oxygens (including phenoxy) is 1. The fraction of sp³-hybridized carbons (Fsp3) is 0.188. The summed E-state index contributed by atoms with van der Waals surface area (Å²) < 4.78 is 4.89. The van der Waals surface area contributed by atoms with Crippen LogP contribution < -0.4 is 4.74 Å². The molecular weight excluding hydrogens is 320 g/mol. The predicted molar refractivity (Wildman–Crippen MR) is 81.4 cm³/mol. The second-order valence-electron chi connectivity index (χ2n) is 5.04. The minimum atomic E-state index is -1.99. The van der Waals surface area contributed by atoms with Crippen molar-refractivity contribution in [1.82, 2.24) is 0 Å². The van der Waals surface area contributed by atoms with Crippen molar-refractivity contribution in [2.45, 2.75) is 12.2 Å². The van der Waals surface area contributed by atoms with Crippen molar-refractivity contribution in [3.8, 4) is 28.7 Å². The molecule has 0 amide bonds. The van der Waals surface area contributed by atoms with Crippen LogP contribution in [0, 0.1) is 0 Å². The number of phenols is 4. The molecular formula is C16H16O8. The number of carbonyl (C=O) groups is 1. The van der Waals surface area contributed by atoms with E-state index in [1.807, 2.05) is 0 Å². The average Bonchev–Trinajstić information content (AvgIpc) is 2.54. The quantitative estimate of drug-likeness (QED) is 0.347. The predicted octanol–water partition coefficient (Wildman–Crippen LogP) is 0.795. The Kier molecular flexibility index (Phi) is 4.82. The molecule has 0 aliphatic heterocycles. The Morgan fingerprint density at radius 2 is 1.62 bits per heavy atom. The van der Waals surface area contributed by atoms with E-state index in [0.29, 0.717) is 0 Å². The SMILES string of the molecule is COc1cc(O)cc(O)c1C(=O)[C@H](O)[C@H](O)c1ccc(O)c(O)c1. The lowest BCUT2D eigenvalue weighted by Gasteiger charge is -2.19. The van der Waals surface area contributed by atoms with Crippen LogP contribution in [0.4, 0.5) is 0 Å². The third kappa shape index (κ3) is 3.19. The Morgan fingerprint density at radius 1 is 0.958 bits per heavy atom. The monoisotopic (exact) mass is 336 g/mol. The molecule has 2 aromatic rings. The lowest BCUT2D eigenvalue weighted by Crippen LogP contribution is -2.28. The van der Waals surface area contributed by atoms with Gasteiger partial charge < -0.3 is 35.4 Å². The average molecular weight is 336 g/mol. The van der Waals surface area contributed by atoms with Crippen molar-refractivity contribution in [1.29, 1.82) is 0 Å². The fourth-order valence-corrected chi connectivity index (χ4v) is 2.19. The first kappa shape index (κ1) is 17.4. The standard InChI is InChI=1S/C16H16O8/c1-24-12-6-8(17)5-11(20)13(12)15(22)16(23)14(21)7-2-3-9(18)10(19)4-7/h2-6,14,16-21,23H,1H3/t14-,16-/m1/s1. The van der Waals surface area contributed by atoms with Gasteiger partial charge in [0, 0.05) is 12.1 Å². The van der Waals surface area contributed by atoms with Crippen LogP contribution in [0.1, 0.15) is 22.0 Å². The molecule has 24 heavy (non-hydrogen) atoms. The number of hydrogen-bond acceptors (Lipinski definition) is 8. The molecule has 6 N–H and O–H groups in total. The molecule has 0 bridgehead atoms. The van der Waals surface area contributed by atoms with Crippen molar-refractivity contribution < 1.29 is 40.2 Å². The van der Waals surface area contributed by atoms with Gasteiger partial charge >= 0.3 is 0 Å². The van der Waals surface area contributed by atoms with Gasteiger partial charge in [-0.05, 0) is 17.7 Å². The minimum absolute atomic E-state index is 0.0246. The van der Waals surface area contributed by atoms with E-state index in [1.54, 1.807) is 0 Å². The van der Waals surface area contributed by atoms with Crippen molar-refractivity contribution in [2.24, 2.45) is 0 Å². The number of aliphatic hydroxyl groups is 2. The highest BCUT2D eigenvalue weighted by atomic mass is 16.5. The Bertz CT molecular complexity index is 771. The summed E-state index contributed by atoms with van der Waals surface area (Å²) in [5, 5.41) is 58.1. The van der Waals surface area contributed by atoms with Gasteiger partial charge in [-0.2, -0.15) is 0 Å². The lowest BCUT2D eigenvalue weighted by atomic mass is 9.95. The number of aromatic hydroxyl groups is 4. The van der Waals surface area contributed by atoms with Gasteiger partial charge in [-0.3, -0.25) is 4.79 Å². The molecule has 0 spiro atoms. The molecule has 0 heterocycles. The number of ketones is 1. The van der Waals surface area contributed by atoms with Gasteiger partial charge in [0.1, 0.15) is 35.0 Å². The number of Topliss-reactive ketones (excluding diaryl/α,β-unsaturated/α-hetero) is 1. The number of benzene rings is 2. The molecule has 0 aliphatic carbocycles. The number of carbonyl (C=O) groups excluding carboxylic acids is 1. The zero-order valence-corrected chi connectivity index (χ0v) is 12.5. The number of rotatable bonds is 5. The number of aliphatic hydroxyl groups excluding tert-OH is 2. The van der Waals surface area contributed by atoms with Crippen LogP contribution in [-0.2, 0) is 0 Å². The number of methoxy groups -OCH3 is 1. The van der Waals surface area contributed by atoms with Gasteiger partial charge in [0.05, 0.1) is 7.11 Å². The summed E-state index contributed by atoms with van der Waals surface area (Å²) in [6.45, 7) is 0. The van der Waals surface area contributed by atoms with E-state index in [0.717, 1.165) is 24.3 Å². The maximum Gasteiger partial charge on any atom is 0.201 e. The molecule has 0 fully saturated rings. The van der Waals surface area contributed by atoms with Gasteiger partial charge in [0.2, 0.25) is 5.78 Å². The molecule has 0 radical (unpaired) electrons. The second-order valence-corrected chi connectivity index (χ2v) is 5.04. The first-order valence-corrected chi connectivity index (χ1v) is 6.78. The van der Waals surface area contributed by atoms with Crippen LogP contribution >= 0.6 is 0 Å². The molecule has 0 aliphatic rings. The molecule has 8 heteroatoms. The zero-order valence-electron chi connectivity index (χ0n) is 12.5. The van der Waals surface area contributed by atoms with Crippen LogP contribution in [0.5, 0.6) is 28.7 Å². The second kappa shape index (κ2) is 6.65. The summed E-state index contributed by atoms with van der Waals surface area (Å²) in [6, 6.07) is 5.25. The van der Waals surface area contributed by atoms with E-state index in [4.69, 9.17) is 4.74 Å². The minimum Gasteiger partial charge on any atom is -0.508 e. The topological polar surface area (TPSA) is 148 Å². The highest BCUT2D eigenvalue weighted by Gasteiger charge is 2.31. The molecule has 0 unspecified atom stereocenters. The third-order valence-corrected chi connectivity index (χ3v) is 3.44. The van der Waals surface area contributed by atoms with Crippen molar-refractivity contribution in [3.05, 3.63) is 41.5 Å². The lowest BCUT2D eigenvalue weighted by molar-refractivity contribution is 0.0199. The highest BCUT2D eigenvalue weighted by Crippen LogP contribution is 2.36. The van der Waals surface area contributed by atoms with E-state index in [1.165, 1.54) is 13.2 Å². The summed E-state index contributed by atoms with van der Waals surface area (Å²) in [4.78, 5) is 12.4. The zero-order chi connectivity index (χ0) is 18.0. The molecule has 2 aromatic carbocycles. The van der Waals surface area contributed by atoms with Crippen LogP contribution in [0.3, 0.4) is 0 Å². The van der Waals surface area contributed by atoms with E-state index >= 15 is 0 Å². The molecule has 2 rings (SSSR count). The van der Waals surface area contributed by atoms with Gasteiger partial charge in [0.25, 0.3) is 0 Å². The molecule has 8 nitrogen and oxygen atoms in total. The van der Waals surface area contributed by atoms with Gasteiger partial charge in [0.15, 0.2) is 11.5 Å². The summed E-state index contributed by atoms with van der Waals surface area (Å²) >= 11 is 0. The number of hydrogen-bond donors (Lipinski definition) is 6. The smallest absolute Gasteiger partial charge is 0.201 e. The Balaban J connectivity index is 2.37. The Labute approximate surface area is 136 Å². The van der Waals surface area contributed by atoms with Gasteiger partial charge in [-0.1, -0.05) is 6.07 Å². The molecule has 128 valence electrons. The van der Waals surface area contributed by atoms with Crippen LogP contribution in [0.15, 0.2) is 30.3 Å². The molecule has 2 atom stereocenters. The largest absolute Gasteiger partial charge is 0.508 e. The fourth-order valence-electron chi connectivity index (χ4n) is 2.19. The molecule has 0 aromatic heterocycles. The van der Waals surface area contributed by atoms with E-state index < -0.39 is 40.8 Å². The van der Waals surface area contributed by atoms with Crippen molar-refractivity contribution in [3.63, 3.8) is 0 Å². The third-order valence-electron chi connectivity index (χ3n) is 3.44. The van der Waals surface area contributed by atoms with E-state index in [2.05, 4.69) is 0 Å². The summed E-state index contributed by atoms with van der Waals surface area (Å²) in [7, 11) is 1.20. The Morgan fingerprint density at radius 3 is 2.21 bits per heavy atom. The van der Waals surface area contributed by atoms with Gasteiger partial charge in [-0.25, -0.2) is 0 Å². The highest BCUT2D eigenvalue weighted by molar-refractivity contribution is 6.04. The first-order chi connectivity index (χ1) is 11.3. The first-order valence-electron chi connectivity index (χ1n) is 6.78. The van der Waals surface area contributed by atoms with E-state index in [-0.39, 0.29) is 17.1 Å². The molecule has 0 saturated carbocycles. The van der Waals surface area contributed by atoms with Crippen LogP contribution in [0.2, 0.25) is 0 Å². The van der Waals surface area contributed by atoms with Gasteiger partial charge in [-0.15, -0.1) is 0 Å². The van der Waals surface area contributed by atoms with Crippen LogP contribution in [-0.4, -0.2) is 49.6 Å². The summed E-state index contributed by atoms with van der Waals surface area (Å²) in [6.07, 6.45) is -3.72. The maximum absolute atomic E-state index is 12.4. The van der Waals surface area contributed by atoms with Crippen molar-refractivity contribution in [2.75, 3.05) is 7.11 Å². The maximum atomic E-state index is 12.4. The summed E-state index contributed by atoms with van der Waals surface area (Å²) in [5.41, 5.74) is -0.437. The summed E-state index contributed by atoms with van der Waals surface area (Å²) in [5.74, 6) is -3.17. The normalized spacial score (nSPS) is 13.3. The number of phenolic OH excluding ortho intramolecular Hbond substituents is 4. The van der Waals surface area contributed by atoms with Crippen LogP contribution in [0.25, 0.3) is 0 Å². The van der Waals surface area contributed by atoms with E-state index in [9.17, 15) is 35.4 Å².